The normalized spacial score (nSPS) is 10.5. The molecule has 2 heterocycles. The molecule has 0 unspecified atom stereocenters. The molecule has 94 valence electrons. The molecule has 0 radical (unpaired) electrons. The Morgan fingerprint density at radius 3 is 2.47 bits per heavy atom. The summed E-state index contributed by atoms with van der Waals surface area (Å²) in [6, 6.07) is 11.6. The van der Waals surface area contributed by atoms with Crippen LogP contribution in [0.2, 0.25) is 0 Å². The fourth-order valence-electron chi connectivity index (χ4n) is 1.82. The van der Waals surface area contributed by atoms with Gasteiger partial charge in [-0.2, -0.15) is 15.1 Å². The van der Waals surface area contributed by atoms with E-state index in [1.807, 2.05) is 36.5 Å². The number of anilines is 2. The third kappa shape index (κ3) is 2.23. The van der Waals surface area contributed by atoms with Gasteiger partial charge in [0.15, 0.2) is 5.82 Å². The van der Waals surface area contributed by atoms with E-state index in [0.29, 0.717) is 11.6 Å². The number of nitrogen functional groups attached to an aromatic ring is 2. The first-order chi connectivity index (χ1) is 9.22. The average molecular weight is 252 g/mol. The Kier molecular flexibility index (Phi) is 2.60. The van der Waals surface area contributed by atoms with Crippen molar-refractivity contribution in [1.82, 2.24) is 19.7 Å². The highest BCUT2D eigenvalue weighted by molar-refractivity contribution is 5.62. The SMILES string of the molecule is Nc1cc(-n2cc(-c3ccccc3)cn2)nc(N)n1. The molecule has 0 spiro atoms. The Morgan fingerprint density at radius 2 is 1.74 bits per heavy atom. The van der Waals surface area contributed by atoms with Crippen molar-refractivity contribution in [2.45, 2.75) is 0 Å². The first-order valence-corrected chi connectivity index (χ1v) is 5.73. The lowest BCUT2D eigenvalue weighted by Crippen LogP contribution is -2.05. The first-order valence-electron chi connectivity index (χ1n) is 5.73. The minimum Gasteiger partial charge on any atom is -0.383 e. The van der Waals surface area contributed by atoms with Gasteiger partial charge in [-0.1, -0.05) is 30.3 Å². The van der Waals surface area contributed by atoms with E-state index in [1.54, 1.807) is 16.9 Å². The molecule has 0 atom stereocenters. The van der Waals surface area contributed by atoms with Gasteiger partial charge in [0.1, 0.15) is 5.82 Å². The highest BCUT2D eigenvalue weighted by Crippen LogP contribution is 2.19. The van der Waals surface area contributed by atoms with Gasteiger partial charge in [-0.25, -0.2) is 4.68 Å². The number of hydrogen-bond donors (Lipinski definition) is 2. The fraction of sp³-hybridized carbons (Fsp3) is 0. The van der Waals surface area contributed by atoms with Crippen molar-refractivity contribution in [3.63, 3.8) is 0 Å². The van der Waals surface area contributed by atoms with E-state index in [0.717, 1.165) is 11.1 Å². The molecule has 0 bridgehead atoms. The topological polar surface area (TPSA) is 95.6 Å². The Balaban J connectivity index is 2.02. The van der Waals surface area contributed by atoms with Crippen LogP contribution >= 0.6 is 0 Å². The smallest absolute Gasteiger partial charge is 0.224 e. The maximum absolute atomic E-state index is 5.64. The minimum absolute atomic E-state index is 0.131. The third-order valence-electron chi connectivity index (χ3n) is 2.67. The lowest BCUT2D eigenvalue weighted by atomic mass is 10.1. The van der Waals surface area contributed by atoms with Crippen LogP contribution in [-0.4, -0.2) is 19.7 Å². The van der Waals surface area contributed by atoms with E-state index in [4.69, 9.17) is 11.5 Å². The van der Waals surface area contributed by atoms with E-state index in [9.17, 15) is 0 Å². The summed E-state index contributed by atoms with van der Waals surface area (Å²) in [6.45, 7) is 0. The minimum atomic E-state index is 0.131. The molecule has 3 aromatic rings. The number of nitrogens with zero attached hydrogens (tertiary/aromatic N) is 4. The molecular weight excluding hydrogens is 240 g/mol. The monoisotopic (exact) mass is 252 g/mol. The summed E-state index contributed by atoms with van der Waals surface area (Å²) in [5, 5.41) is 4.26. The lowest BCUT2D eigenvalue weighted by Gasteiger charge is -2.02. The van der Waals surface area contributed by atoms with Crippen LogP contribution in [0.25, 0.3) is 16.9 Å². The molecular formula is C13H12N6. The van der Waals surface area contributed by atoms with Gasteiger partial charge in [0.2, 0.25) is 5.95 Å². The van der Waals surface area contributed by atoms with Crippen molar-refractivity contribution in [3.8, 4) is 16.9 Å². The Hall–Kier alpha value is -2.89. The first kappa shape index (κ1) is 11.2. The molecule has 19 heavy (non-hydrogen) atoms. The van der Waals surface area contributed by atoms with Crippen molar-refractivity contribution < 1.29 is 0 Å². The Bertz CT molecular complexity index is 684. The Morgan fingerprint density at radius 1 is 0.947 bits per heavy atom. The standard InChI is InChI=1S/C13H12N6/c14-11-6-12(18-13(15)17-11)19-8-10(7-16-19)9-4-2-1-3-5-9/h1-8H,(H4,14,15,17,18). The van der Waals surface area contributed by atoms with Gasteiger partial charge in [0.05, 0.1) is 6.20 Å². The maximum atomic E-state index is 5.64. The zero-order chi connectivity index (χ0) is 13.2. The van der Waals surface area contributed by atoms with Gasteiger partial charge in [-0.15, -0.1) is 0 Å². The predicted molar refractivity (Wildman–Crippen MR) is 73.4 cm³/mol. The number of aromatic nitrogens is 4. The summed E-state index contributed by atoms with van der Waals surface area (Å²) in [5.41, 5.74) is 13.3. The van der Waals surface area contributed by atoms with E-state index in [2.05, 4.69) is 15.1 Å². The van der Waals surface area contributed by atoms with Crippen LogP contribution < -0.4 is 11.5 Å². The fourth-order valence-corrected chi connectivity index (χ4v) is 1.82. The van der Waals surface area contributed by atoms with Gasteiger partial charge in [-0.3, -0.25) is 0 Å². The highest BCUT2D eigenvalue weighted by Gasteiger charge is 2.06. The second kappa shape index (κ2) is 4.41. The van der Waals surface area contributed by atoms with Crippen LogP contribution in [0.5, 0.6) is 0 Å². The molecule has 6 nitrogen and oxygen atoms in total. The maximum Gasteiger partial charge on any atom is 0.224 e. The summed E-state index contributed by atoms with van der Waals surface area (Å²) in [5.74, 6) is 0.998. The van der Waals surface area contributed by atoms with Gasteiger partial charge in [0, 0.05) is 17.8 Å². The highest BCUT2D eigenvalue weighted by atomic mass is 15.3. The van der Waals surface area contributed by atoms with Crippen LogP contribution in [0.3, 0.4) is 0 Å². The zero-order valence-electron chi connectivity index (χ0n) is 10.1. The second-order valence-corrected chi connectivity index (χ2v) is 4.05. The van der Waals surface area contributed by atoms with Crippen molar-refractivity contribution in [2.24, 2.45) is 0 Å². The molecule has 3 rings (SSSR count). The predicted octanol–water partition coefficient (Wildman–Crippen LogP) is 1.49. The number of rotatable bonds is 2. The molecule has 0 fully saturated rings. The summed E-state index contributed by atoms with van der Waals surface area (Å²) >= 11 is 0. The van der Waals surface area contributed by atoms with Crippen LogP contribution in [0, 0.1) is 0 Å². The number of benzene rings is 1. The summed E-state index contributed by atoms with van der Waals surface area (Å²) in [4.78, 5) is 7.93. The van der Waals surface area contributed by atoms with E-state index in [-0.39, 0.29) is 5.95 Å². The summed E-state index contributed by atoms with van der Waals surface area (Å²) < 4.78 is 1.62. The molecule has 1 aromatic carbocycles. The molecule has 4 N–H and O–H groups in total. The molecule has 0 amide bonds. The van der Waals surface area contributed by atoms with E-state index >= 15 is 0 Å². The van der Waals surface area contributed by atoms with Crippen LogP contribution in [0.4, 0.5) is 11.8 Å². The van der Waals surface area contributed by atoms with E-state index in [1.165, 1.54) is 0 Å². The Labute approximate surface area is 109 Å². The van der Waals surface area contributed by atoms with Crippen molar-refractivity contribution in [1.29, 1.82) is 0 Å². The van der Waals surface area contributed by atoms with Crippen LogP contribution in [0.15, 0.2) is 48.8 Å². The van der Waals surface area contributed by atoms with Gasteiger partial charge in [0.25, 0.3) is 0 Å². The summed E-state index contributed by atoms with van der Waals surface area (Å²) in [7, 11) is 0. The molecule has 0 aliphatic carbocycles. The van der Waals surface area contributed by atoms with E-state index < -0.39 is 0 Å². The number of nitrogens with two attached hydrogens (primary N) is 2. The zero-order valence-corrected chi connectivity index (χ0v) is 10.1. The summed E-state index contributed by atoms with van der Waals surface area (Å²) in [6.07, 6.45) is 3.64. The van der Waals surface area contributed by atoms with Crippen molar-refractivity contribution in [2.75, 3.05) is 11.5 Å². The molecule has 0 aliphatic heterocycles. The van der Waals surface area contributed by atoms with Crippen molar-refractivity contribution in [3.05, 3.63) is 48.8 Å². The number of hydrogen-bond acceptors (Lipinski definition) is 5. The third-order valence-corrected chi connectivity index (χ3v) is 2.67. The second-order valence-electron chi connectivity index (χ2n) is 4.05. The van der Waals surface area contributed by atoms with Crippen LogP contribution in [-0.2, 0) is 0 Å². The van der Waals surface area contributed by atoms with Gasteiger partial charge in [-0.05, 0) is 5.56 Å². The molecule has 6 heteroatoms. The van der Waals surface area contributed by atoms with Crippen LogP contribution in [0.1, 0.15) is 0 Å². The molecule has 2 aromatic heterocycles. The average Bonchev–Trinajstić information content (AvgIpc) is 2.88. The molecule has 0 aliphatic rings. The molecule has 0 saturated carbocycles. The quantitative estimate of drug-likeness (QED) is 0.720. The van der Waals surface area contributed by atoms with Crippen molar-refractivity contribution >= 4 is 11.8 Å². The molecule has 0 saturated heterocycles. The van der Waals surface area contributed by atoms with Gasteiger partial charge >= 0.3 is 0 Å². The van der Waals surface area contributed by atoms with Gasteiger partial charge < -0.3 is 11.5 Å². The largest absolute Gasteiger partial charge is 0.383 e. The lowest BCUT2D eigenvalue weighted by molar-refractivity contribution is 0.844.